The maximum atomic E-state index is 13.3. The number of aryl methyl sites for hydroxylation is 2. The van der Waals surface area contributed by atoms with Crippen LogP contribution in [0.25, 0.3) is 22.3 Å². The largest absolute Gasteiger partial charge is 0.379 e. The molecule has 0 radical (unpaired) electrons. The van der Waals surface area contributed by atoms with Crippen molar-refractivity contribution in [2.24, 2.45) is 0 Å². The van der Waals surface area contributed by atoms with E-state index in [1.54, 1.807) is 0 Å². The summed E-state index contributed by atoms with van der Waals surface area (Å²) in [7, 11) is 1.51. The van der Waals surface area contributed by atoms with E-state index in [1.807, 2.05) is 6.07 Å². The Labute approximate surface area is 197 Å². The number of carbonyl (C=O) groups is 1. The van der Waals surface area contributed by atoms with Gasteiger partial charge in [-0.3, -0.25) is 14.5 Å². The minimum atomic E-state index is -0.437. The van der Waals surface area contributed by atoms with E-state index >= 15 is 0 Å². The molecule has 3 aromatic rings. The third kappa shape index (κ3) is 4.53. The molecule has 0 saturated carbocycles. The Kier molecular flexibility index (Phi) is 6.55. The molecule has 0 atom stereocenters. The smallest absolute Gasteiger partial charge is 0.256 e. The number of aromatic amines is 1. The monoisotopic (exact) mass is 462 g/mol. The number of nitrogens with zero attached hydrogens (tertiary/aromatic N) is 3. The lowest BCUT2D eigenvalue weighted by atomic mass is 10.0. The maximum Gasteiger partial charge on any atom is 0.256 e. The fourth-order valence-corrected chi connectivity index (χ4v) is 4.76. The first kappa shape index (κ1) is 22.5. The number of hydrogen-bond donors (Lipinski definition) is 3. The molecule has 0 unspecified atom stereocenters. The summed E-state index contributed by atoms with van der Waals surface area (Å²) < 4.78 is 5.41. The molecule has 178 valence electrons. The number of anilines is 1. The summed E-state index contributed by atoms with van der Waals surface area (Å²) >= 11 is 0. The number of hydrogen-bond acceptors (Lipinski definition) is 7. The van der Waals surface area contributed by atoms with Crippen LogP contribution in [0.5, 0.6) is 0 Å². The molecule has 3 N–H and O–H groups in total. The van der Waals surface area contributed by atoms with Gasteiger partial charge in [-0.15, -0.1) is 0 Å². The minimum Gasteiger partial charge on any atom is -0.379 e. The van der Waals surface area contributed by atoms with E-state index in [1.165, 1.54) is 24.4 Å². The first-order chi connectivity index (χ1) is 16.6. The van der Waals surface area contributed by atoms with Crippen LogP contribution in [0.3, 0.4) is 0 Å². The van der Waals surface area contributed by atoms with E-state index in [2.05, 4.69) is 37.6 Å². The number of benzene rings is 1. The zero-order chi connectivity index (χ0) is 23.5. The van der Waals surface area contributed by atoms with Gasteiger partial charge < -0.3 is 20.4 Å². The van der Waals surface area contributed by atoms with Gasteiger partial charge in [0.1, 0.15) is 11.2 Å². The van der Waals surface area contributed by atoms with Gasteiger partial charge >= 0.3 is 0 Å². The molecule has 2 aliphatic rings. The van der Waals surface area contributed by atoms with Gasteiger partial charge in [0, 0.05) is 38.4 Å². The number of pyridine rings is 1. The minimum absolute atomic E-state index is 0.0484. The van der Waals surface area contributed by atoms with Crippen LogP contribution < -0.4 is 16.1 Å². The highest BCUT2D eigenvalue weighted by Gasteiger charge is 2.20. The molecular weight excluding hydrogens is 432 g/mol. The number of H-pyrrole nitrogens is 1. The van der Waals surface area contributed by atoms with Crippen LogP contribution in [0.15, 0.2) is 29.2 Å². The first-order valence-corrected chi connectivity index (χ1v) is 12.0. The molecule has 1 aromatic carbocycles. The van der Waals surface area contributed by atoms with Gasteiger partial charge in [0.2, 0.25) is 11.4 Å². The second kappa shape index (κ2) is 9.90. The van der Waals surface area contributed by atoms with Gasteiger partial charge in [0.05, 0.1) is 24.3 Å². The fraction of sp³-hybridized carbons (Fsp3) is 0.440. The number of amides is 1. The number of rotatable bonds is 7. The van der Waals surface area contributed by atoms with E-state index < -0.39 is 5.91 Å². The second-order valence-corrected chi connectivity index (χ2v) is 8.80. The molecule has 1 fully saturated rings. The predicted octanol–water partition coefficient (Wildman–Crippen LogP) is 1.97. The number of fused-ring (bicyclic) bond motifs is 2. The topological polar surface area (TPSA) is 112 Å². The van der Waals surface area contributed by atoms with Crippen molar-refractivity contribution >= 4 is 22.9 Å². The number of aromatic nitrogens is 3. The summed E-state index contributed by atoms with van der Waals surface area (Å²) in [6.07, 6.45) is 5.61. The highest BCUT2D eigenvalue weighted by atomic mass is 16.5. The van der Waals surface area contributed by atoms with Crippen LogP contribution in [0.2, 0.25) is 0 Å². The predicted molar refractivity (Wildman–Crippen MR) is 131 cm³/mol. The summed E-state index contributed by atoms with van der Waals surface area (Å²) in [5, 5.41) is 6.19. The Morgan fingerprint density at radius 1 is 1.18 bits per heavy atom. The van der Waals surface area contributed by atoms with E-state index in [0.29, 0.717) is 29.2 Å². The second-order valence-electron chi connectivity index (χ2n) is 8.80. The molecule has 2 aromatic heterocycles. The van der Waals surface area contributed by atoms with E-state index in [-0.39, 0.29) is 11.0 Å². The third-order valence-corrected chi connectivity index (χ3v) is 6.62. The quantitative estimate of drug-likeness (QED) is 0.460. The summed E-state index contributed by atoms with van der Waals surface area (Å²) in [5.41, 5.74) is 4.14. The van der Waals surface area contributed by atoms with E-state index in [9.17, 15) is 9.59 Å². The molecule has 9 heteroatoms. The highest BCUT2D eigenvalue weighted by molar-refractivity contribution is 5.99. The standard InChI is InChI=1S/C25H30N6O3/c1-26-24(33)19-15-28-23-20(22(19)32)21(18-7-6-16-4-2-5-17(16)14-18)29-25(30-23)27-8-3-9-31-10-12-34-13-11-31/h6-7,14-15H,2-5,8-13H2,1H3,(H,26,33)(H2,27,28,29,30,32). The summed E-state index contributed by atoms with van der Waals surface area (Å²) in [6, 6.07) is 6.26. The number of ether oxygens (including phenoxy) is 1. The van der Waals surface area contributed by atoms with Crippen molar-refractivity contribution in [1.82, 2.24) is 25.2 Å². The van der Waals surface area contributed by atoms with Crippen LogP contribution in [-0.4, -0.2) is 72.2 Å². The molecule has 0 spiro atoms. The van der Waals surface area contributed by atoms with Crippen LogP contribution in [-0.2, 0) is 17.6 Å². The highest BCUT2D eigenvalue weighted by Crippen LogP contribution is 2.30. The van der Waals surface area contributed by atoms with Crippen molar-refractivity contribution in [3.63, 3.8) is 0 Å². The average molecular weight is 463 g/mol. The summed E-state index contributed by atoms with van der Waals surface area (Å²) in [5.74, 6) is 0.0293. The van der Waals surface area contributed by atoms with Crippen molar-refractivity contribution < 1.29 is 9.53 Å². The van der Waals surface area contributed by atoms with Gasteiger partial charge in [-0.2, -0.15) is 4.98 Å². The number of morpholine rings is 1. The Bertz CT molecular complexity index is 1270. The molecule has 1 aliphatic carbocycles. The van der Waals surface area contributed by atoms with Crippen molar-refractivity contribution in [1.29, 1.82) is 0 Å². The molecule has 9 nitrogen and oxygen atoms in total. The zero-order valence-electron chi connectivity index (χ0n) is 19.4. The lowest BCUT2D eigenvalue weighted by molar-refractivity contribution is 0.0378. The van der Waals surface area contributed by atoms with Gasteiger partial charge in [-0.1, -0.05) is 12.1 Å². The molecule has 5 rings (SSSR count). The van der Waals surface area contributed by atoms with Crippen LogP contribution in [0, 0.1) is 0 Å². The average Bonchev–Trinajstić information content (AvgIpc) is 3.34. The lowest BCUT2D eigenvalue weighted by Gasteiger charge is -2.26. The molecule has 1 saturated heterocycles. The summed E-state index contributed by atoms with van der Waals surface area (Å²) in [4.78, 5) is 40.3. The molecule has 1 amide bonds. The van der Waals surface area contributed by atoms with Crippen molar-refractivity contribution in [2.75, 3.05) is 51.8 Å². The van der Waals surface area contributed by atoms with Crippen LogP contribution >= 0.6 is 0 Å². The first-order valence-electron chi connectivity index (χ1n) is 12.0. The lowest BCUT2D eigenvalue weighted by Crippen LogP contribution is -2.37. The van der Waals surface area contributed by atoms with Crippen molar-refractivity contribution in [3.8, 4) is 11.3 Å². The molecule has 34 heavy (non-hydrogen) atoms. The SMILES string of the molecule is CNC(=O)c1c[nH]c2nc(NCCCN3CCOCC3)nc(-c3ccc4c(c3)CCC4)c2c1=O. The van der Waals surface area contributed by atoms with Crippen LogP contribution in [0.1, 0.15) is 34.3 Å². The Morgan fingerprint density at radius 2 is 2.00 bits per heavy atom. The molecular formula is C25H30N6O3. The van der Waals surface area contributed by atoms with Gasteiger partial charge in [-0.25, -0.2) is 4.98 Å². The van der Waals surface area contributed by atoms with E-state index in [4.69, 9.17) is 9.72 Å². The normalized spacial score (nSPS) is 15.9. The van der Waals surface area contributed by atoms with Gasteiger partial charge in [0.15, 0.2) is 0 Å². The zero-order valence-corrected chi connectivity index (χ0v) is 19.4. The number of nitrogens with one attached hydrogen (secondary N) is 3. The van der Waals surface area contributed by atoms with Crippen LogP contribution in [0.4, 0.5) is 5.95 Å². The van der Waals surface area contributed by atoms with Crippen molar-refractivity contribution in [3.05, 3.63) is 51.3 Å². The van der Waals surface area contributed by atoms with E-state index in [0.717, 1.165) is 64.1 Å². The maximum absolute atomic E-state index is 13.3. The Hall–Kier alpha value is -3.30. The number of carbonyl (C=O) groups excluding carboxylic acids is 1. The molecule has 3 heterocycles. The fourth-order valence-electron chi connectivity index (χ4n) is 4.76. The third-order valence-electron chi connectivity index (χ3n) is 6.62. The van der Waals surface area contributed by atoms with Gasteiger partial charge in [-0.05, 0) is 49.4 Å². The molecule has 0 bridgehead atoms. The molecule has 1 aliphatic heterocycles. The Balaban J connectivity index is 1.48. The van der Waals surface area contributed by atoms with Gasteiger partial charge in [0.25, 0.3) is 5.91 Å². The Morgan fingerprint density at radius 3 is 2.82 bits per heavy atom. The van der Waals surface area contributed by atoms with Crippen molar-refractivity contribution in [2.45, 2.75) is 25.7 Å². The summed E-state index contributed by atoms with van der Waals surface area (Å²) in [6.45, 7) is 5.20.